The lowest BCUT2D eigenvalue weighted by atomic mass is 9.84. The number of aryl methyl sites for hydroxylation is 2. The molecule has 5 rings (SSSR count). The third-order valence-corrected chi connectivity index (χ3v) is 6.85. The van der Waals surface area contributed by atoms with Gasteiger partial charge in [-0.1, -0.05) is 18.2 Å². The van der Waals surface area contributed by atoms with E-state index in [1.54, 1.807) is 54.6 Å². The van der Waals surface area contributed by atoms with E-state index < -0.39 is 17.2 Å². The van der Waals surface area contributed by atoms with Crippen molar-refractivity contribution in [3.63, 3.8) is 0 Å². The topological polar surface area (TPSA) is 110 Å². The second kappa shape index (κ2) is 8.87. The molecule has 182 valence electrons. The van der Waals surface area contributed by atoms with E-state index in [2.05, 4.69) is 15.9 Å². The molecule has 0 radical (unpaired) electrons. The van der Waals surface area contributed by atoms with E-state index >= 15 is 0 Å². The van der Waals surface area contributed by atoms with Crippen molar-refractivity contribution in [3.05, 3.63) is 108 Å². The fraction of sp³-hybridized carbons (Fsp3) is 0.143. The lowest BCUT2D eigenvalue weighted by molar-refractivity contribution is 0.412. The van der Waals surface area contributed by atoms with E-state index in [9.17, 15) is 19.8 Å². The predicted octanol–water partition coefficient (Wildman–Crippen LogP) is 5.88. The van der Waals surface area contributed by atoms with Crippen molar-refractivity contribution < 1.29 is 23.8 Å². The Bertz CT molecular complexity index is 1680. The normalized spacial score (nSPS) is 11.5. The van der Waals surface area contributed by atoms with Crippen LogP contribution in [0.25, 0.3) is 21.9 Å². The first-order valence-electron chi connectivity index (χ1n) is 11.1. The summed E-state index contributed by atoms with van der Waals surface area (Å²) in [4.78, 5) is 26.6. The summed E-state index contributed by atoms with van der Waals surface area (Å²) in [5, 5.41) is 23.2. The van der Waals surface area contributed by atoms with Crippen molar-refractivity contribution in [2.24, 2.45) is 0 Å². The van der Waals surface area contributed by atoms with Crippen LogP contribution in [0.4, 0.5) is 0 Å². The molecule has 36 heavy (non-hydrogen) atoms. The van der Waals surface area contributed by atoms with Gasteiger partial charge in [-0.15, -0.1) is 0 Å². The molecule has 0 unspecified atom stereocenters. The van der Waals surface area contributed by atoms with E-state index in [-0.39, 0.29) is 33.8 Å². The molecule has 5 aromatic rings. The maximum atomic E-state index is 13.3. The van der Waals surface area contributed by atoms with Gasteiger partial charge in [-0.2, -0.15) is 0 Å². The number of ether oxygens (including phenoxy) is 1. The Hall–Kier alpha value is -4.04. The summed E-state index contributed by atoms with van der Waals surface area (Å²) < 4.78 is 17.0. The van der Waals surface area contributed by atoms with Gasteiger partial charge in [0.15, 0.2) is 0 Å². The summed E-state index contributed by atoms with van der Waals surface area (Å²) in [6, 6.07) is 15.1. The minimum Gasteiger partial charge on any atom is -0.507 e. The largest absolute Gasteiger partial charge is 0.507 e. The van der Waals surface area contributed by atoms with Crippen molar-refractivity contribution in [2.45, 2.75) is 19.8 Å². The zero-order chi connectivity index (χ0) is 25.7. The highest BCUT2D eigenvalue weighted by Gasteiger charge is 2.33. The first-order valence-corrected chi connectivity index (χ1v) is 11.8. The van der Waals surface area contributed by atoms with Gasteiger partial charge in [-0.3, -0.25) is 0 Å². The SMILES string of the molecule is COc1ccc(C(c2c(O)c3ccc(C)cc3oc2=O)c2c(O)c3ccc(C)cc3oc2=O)cc1Br. The van der Waals surface area contributed by atoms with Gasteiger partial charge in [0.05, 0.1) is 39.4 Å². The maximum absolute atomic E-state index is 13.3. The average molecular weight is 549 g/mol. The Morgan fingerprint density at radius 2 is 1.28 bits per heavy atom. The Kier molecular flexibility index (Phi) is 5.84. The summed E-state index contributed by atoms with van der Waals surface area (Å²) in [7, 11) is 1.51. The highest BCUT2D eigenvalue weighted by Crippen LogP contribution is 2.43. The first-order chi connectivity index (χ1) is 17.2. The summed E-state index contributed by atoms with van der Waals surface area (Å²) in [5.41, 5.74) is 0.451. The van der Waals surface area contributed by atoms with Gasteiger partial charge >= 0.3 is 11.3 Å². The first kappa shape index (κ1) is 23.7. The summed E-state index contributed by atoms with van der Waals surface area (Å²) >= 11 is 3.44. The number of methoxy groups -OCH3 is 1. The molecule has 0 bridgehead atoms. The van der Waals surface area contributed by atoms with Crippen LogP contribution in [0.2, 0.25) is 0 Å². The van der Waals surface area contributed by atoms with Gasteiger partial charge < -0.3 is 23.8 Å². The van der Waals surface area contributed by atoms with E-state index in [0.717, 1.165) is 11.1 Å². The molecule has 0 aliphatic carbocycles. The quantitative estimate of drug-likeness (QED) is 0.270. The molecular formula is C28H21BrO7. The maximum Gasteiger partial charge on any atom is 0.344 e. The zero-order valence-corrected chi connectivity index (χ0v) is 21.2. The van der Waals surface area contributed by atoms with Crippen LogP contribution >= 0.6 is 15.9 Å². The van der Waals surface area contributed by atoms with Crippen LogP contribution in [0.1, 0.15) is 33.7 Å². The van der Waals surface area contributed by atoms with Crippen LogP contribution in [0, 0.1) is 13.8 Å². The molecular weight excluding hydrogens is 528 g/mol. The zero-order valence-electron chi connectivity index (χ0n) is 19.6. The van der Waals surface area contributed by atoms with Crippen molar-refractivity contribution in [3.8, 4) is 17.2 Å². The number of hydrogen-bond donors (Lipinski definition) is 2. The Morgan fingerprint density at radius 3 is 1.72 bits per heavy atom. The summed E-state index contributed by atoms with van der Waals surface area (Å²) in [6.45, 7) is 3.67. The average Bonchev–Trinajstić information content (AvgIpc) is 2.82. The highest BCUT2D eigenvalue weighted by molar-refractivity contribution is 9.10. The molecule has 0 amide bonds. The van der Waals surface area contributed by atoms with Crippen LogP contribution in [-0.4, -0.2) is 17.3 Å². The van der Waals surface area contributed by atoms with Gasteiger partial charge in [0.2, 0.25) is 0 Å². The fourth-order valence-electron chi connectivity index (χ4n) is 4.46. The van der Waals surface area contributed by atoms with E-state index in [0.29, 0.717) is 26.6 Å². The molecule has 0 aliphatic heterocycles. The molecule has 2 aromatic heterocycles. The number of aromatic hydroxyl groups is 2. The second-order valence-corrected chi connectivity index (χ2v) is 9.48. The summed E-state index contributed by atoms with van der Waals surface area (Å²) in [6.07, 6.45) is 0. The van der Waals surface area contributed by atoms with Gasteiger partial charge in [0.25, 0.3) is 0 Å². The van der Waals surface area contributed by atoms with Gasteiger partial charge in [0.1, 0.15) is 28.4 Å². The van der Waals surface area contributed by atoms with Crippen LogP contribution < -0.4 is 16.0 Å². The lowest BCUT2D eigenvalue weighted by Crippen LogP contribution is -2.21. The third kappa shape index (κ3) is 3.83. The third-order valence-electron chi connectivity index (χ3n) is 6.23. The van der Waals surface area contributed by atoms with Crippen LogP contribution in [-0.2, 0) is 0 Å². The molecule has 0 atom stereocenters. The molecule has 3 aromatic carbocycles. The number of benzene rings is 3. The van der Waals surface area contributed by atoms with Crippen molar-refractivity contribution in [1.29, 1.82) is 0 Å². The molecule has 8 heteroatoms. The lowest BCUT2D eigenvalue weighted by Gasteiger charge is -2.20. The molecule has 2 heterocycles. The molecule has 2 N–H and O–H groups in total. The van der Waals surface area contributed by atoms with E-state index in [1.807, 2.05) is 13.8 Å². The van der Waals surface area contributed by atoms with Gasteiger partial charge in [0, 0.05) is 0 Å². The number of halogens is 1. The Labute approximate surface area is 213 Å². The number of fused-ring (bicyclic) bond motifs is 2. The van der Waals surface area contributed by atoms with Crippen LogP contribution in [0.15, 0.2) is 77.5 Å². The van der Waals surface area contributed by atoms with Crippen molar-refractivity contribution >= 4 is 37.9 Å². The minimum atomic E-state index is -1.21. The van der Waals surface area contributed by atoms with Crippen LogP contribution in [0.3, 0.4) is 0 Å². The van der Waals surface area contributed by atoms with E-state index in [4.69, 9.17) is 13.6 Å². The standard InChI is InChI=1S/C28H21BrO7/c1-13-4-7-16-20(10-13)35-27(32)23(25(16)30)22(15-6-9-19(34-3)18(29)12-15)24-26(31)17-8-5-14(2)11-21(17)36-28(24)33/h4-12,22,30-31H,1-3H3. The second-order valence-electron chi connectivity index (χ2n) is 8.63. The minimum absolute atomic E-state index is 0.197. The fourth-order valence-corrected chi connectivity index (χ4v) is 5.02. The smallest absolute Gasteiger partial charge is 0.344 e. The highest BCUT2D eigenvalue weighted by atomic mass is 79.9. The molecule has 0 saturated heterocycles. The van der Waals surface area contributed by atoms with Crippen molar-refractivity contribution in [1.82, 2.24) is 0 Å². The Balaban J connectivity index is 1.90. The molecule has 0 saturated carbocycles. The Morgan fingerprint density at radius 1 is 0.778 bits per heavy atom. The molecule has 0 fully saturated rings. The van der Waals surface area contributed by atoms with Gasteiger partial charge in [-0.05, 0) is 82.9 Å². The molecule has 0 spiro atoms. The molecule has 7 nitrogen and oxygen atoms in total. The summed E-state index contributed by atoms with van der Waals surface area (Å²) in [5.74, 6) is -1.38. The van der Waals surface area contributed by atoms with Crippen molar-refractivity contribution in [2.75, 3.05) is 7.11 Å². The van der Waals surface area contributed by atoms with E-state index in [1.165, 1.54) is 7.11 Å². The van der Waals surface area contributed by atoms with Crippen LogP contribution in [0.5, 0.6) is 17.2 Å². The number of hydrogen-bond acceptors (Lipinski definition) is 7. The monoisotopic (exact) mass is 548 g/mol. The number of rotatable bonds is 4. The molecule has 0 aliphatic rings. The van der Waals surface area contributed by atoms with Gasteiger partial charge in [-0.25, -0.2) is 9.59 Å². The predicted molar refractivity (Wildman–Crippen MR) is 139 cm³/mol.